The zero-order valence-corrected chi connectivity index (χ0v) is 7.81. The van der Waals surface area contributed by atoms with Gasteiger partial charge in [-0.25, -0.2) is 0 Å². The molecule has 1 aromatic rings. The SMILES string of the molecule is CCC(N)(N)c1ccccc1Cl. The van der Waals surface area contributed by atoms with Crippen LogP contribution in [0.2, 0.25) is 5.02 Å². The van der Waals surface area contributed by atoms with Gasteiger partial charge < -0.3 is 11.5 Å². The predicted molar refractivity (Wildman–Crippen MR) is 51.8 cm³/mol. The quantitative estimate of drug-likeness (QED) is 0.689. The highest BCUT2D eigenvalue weighted by Gasteiger charge is 2.21. The van der Waals surface area contributed by atoms with Crippen molar-refractivity contribution in [1.82, 2.24) is 0 Å². The Morgan fingerprint density at radius 3 is 2.42 bits per heavy atom. The Kier molecular flexibility index (Phi) is 2.73. The minimum atomic E-state index is -0.807. The Bertz CT molecular complexity index is 271. The van der Waals surface area contributed by atoms with E-state index in [0.29, 0.717) is 11.4 Å². The molecule has 3 heteroatoms. The molecule has 1 aromatic carbocycles. The highest BCUT2D eigenvalue weighted by molar-refractivity contribution is 6.31. The minimum absolute atomic E-state index is 0.629. The van der Waals surface area contributed by atoms with Crippen LogP contribution < -0.4 is 11.5 Å². The van der Waals surface area contributed by atoms with Gasteiger partial charge in [0, 0.05) is 10.6 Å². The highest BCUT2D eigenvalue weighted by atomic mass is 35.5. The van der Waals surface area contributed by atoms with Crippen LogP contribution >= 0.6 is 11.6 Å². The van der Waals surface area contributed by atoms with Gasteiger partial charge in [-0.1, -0.05) is 36.7 Å². The lowest BCUT2D eigenvalue weighted by molar-refractivity contribution is 0.448. The molecule has 0 bridgehead atoms. The van der Waals surface area contributed by atoms with E-state index in [1.807, 2.05) is 25.1 Å². The van der Waals surface area contributed by atoms with Crippen molar-refractivity contribution in [1.29, 1.82) is 0 Å². The number of nitrogens with two attached hydrogens (primary N) is 2. The zero-order chi connectivity index (χ0) is 9.19. The van der Waals surface area contributed by atoms with E-state index in [1.54, 1.807) is 6.07 Å². The first-order valence-corrected chi connectivity index (χ1v) is 4.28. The summed E-state index contributed by atoms with van der Waals surface area (Å²) in [6.45, 7) is 1.93. The minimum Gasteiger partial charge on any atom is -0.310 e. The van der Waals surface area contributed by atoms with Crippen molar-refractivity contribution in [2.75, 3.05) is 0 Å². The van der Waals surface area contributed by atoms with Gasteiger partial charge in [-0.2, -0.15) is 0 Å². The molecule has 0 aromatic heterocycles. The first kappa shape index (κ1) is 9.52. The molecular formula is C9H13ClN2. The fourth-order valence-corrected chi connectivity index (χ4v) is 1.34. The Morgan fingerprint density at radius 2 is 1.92 bits per heavy atom. The van der Waals surface area contributed by atoms with E-state index in [9.17, 15) is 0 Å². The molecule has 0 radical (unpaired) electrons. The summed E-state index contributed by atoms with van der Waals surface area (Å²) in [5, 5.41) is 0.629. The van der Waals surface area contributed by atoms with Crippen LogP contribution in [0.3, 0.4) is 0 Å². The van der Waals surface area contributed by atoms with Crippen LogP contribution in [0.25, 0.3) is 0 Å². The molecule has 0 aliphatic heterocycles. The molecule has 0 spiro atoms. The second-order valence-electron chi connectivity index (χ2n) is 2.87. The zero-order valence-electron chi connectivity index (χ0n) is 7.05. The largest absolute Gasteiger partial charge is 0.310 e. The number of halogens is 1. The molecule has 66 valence electrons. The molecule has 0 heterocycles. The fraction of sp³-hybridized carbons (Fsp3) is 0.333. The van der Waals surface area contributed by atoms with E-state index in [-0.39, 0.29) is 0 Å². The number of rotatable bonds is 2. The van der Waals surface area contributed by atoms with E-state index in [4.69, 9.17) is 23.1 Å². The van der Waals surface area contributed by atoms with Crippen molar-refractivity contribution in [2.24, 2.45) is 11.5 Å². The predicted octanol–water partition coefficient (Wildman–Crippen LogP) is 1.82. The Morgan fingerprint density at radius 1 is 1.33 bits per heavy atom. The van der Waals surface area contributed by atoms with Crippen LogP contribution in [0.5, 0.6) is 0 Å². The highest BCUT2D eigenvalue weighted by Crippen LogP contribution is 2.24. The standard InChI is InChI=1S/C9H13ClN2/c1-2-9(11,12)7-5-3-4-6-8(7)10/h3-6H,2,11-12H2,1H3. The molecule has 0 saturated carbocycles. The van der Waals surface area contributed by atoms with Gasteiger partial charge >= 0.3 is 0 Å². The first-order chi connectivity index (χ1) is 5.58. The normalized spacial score (nSPS) is 11.7. The van der Waals surface area contributed by atoms with E-state index < -0.39 is 5.66 Å². The maximum Gasteiger partial charge on any atom is 0.0911 e. The van der Waals surface area contributed by atoms with Crippen LogP contribution in [-0.2, 0) is 5.66 Å². The first-order valence-electron chi connectivity index (χ1n) is 3.90. The molecule has 0 aliphatic rings. The maximum absolute atomic E-state index is 5.93. The molecule has 0 aliphatic carbocycles. The van der Waals surface area contributed by atoms with Crippen molar-refractivity contribution in [3.63, 3.8) is 0 Å². The molecule has 0 saturated heterocycles. The summed E-state index contributed by atoms with van der Waals surface area (Å²) >= 11 is 5.93. The monoisotopic (exact) mass is 184 g/mol. The summed E-state index contributed by atoms with van der Waals surface area (Å²) in [5.74, 6) is 0. The van der Waals surface area contributed by atoms with Crippen molar-refractivity contribution in [3.8, 4) is 0 Å². The van der Waals surface area contributed by atoms with Crippen LogP contribution in [0.1, 0.15) is 18.9 Å². The van der Waals surface area contributed by atoms with Crippen LogP contribution in [0, 0.1) is 0 Å². The van der Waals surface area contributed by atoms with Crippen molar-refractivity contribution < 1.29 is 0 Å². The molecule has 4 N–H and O–H groups in total. The molecule has 0 unspecified atom stereocenters. The summed E-state index contributed by atoms with van der Waals surface area (Å²) in [6, 6.07) is 7.38. The van der Waals surface area contributed by atoms with Gasteiger partial charge in [-0.05, 0) is 12.5 Å². The number of benzene rings is 1. The second-order valence-corrected chi connectivity index (χ2v) is 3.28. The average Bonchev–Trinajstić information content (AvgIpc) is 2.05. The summed E-state index contributed by atoms with van der Waals surface area (Å²) in [4.78, 5) is 0. The number of hydrogen-bond acceptors (Lipinski definition) is 2. The molecule has 1 rings (SSSR count). The third-order valence-electron chi connectivity index (χ3n) is 1.96. The number of hydrogen-bond donors (Lipinski definition) is 2. The molecule has 0 atom stereocenters. The van der Waals surface area contributed by atoms with Crippen molar-refractivity contribution in [3.05, 3.63) is 34.9 Å². The lowest BCUT2D eigenvalue weighted by atomic mass is 9.99. The van der Waals surface area contributed by atoms with E-state index in [1.165, 1.54) is 0 Å². The third-order valence-corrected chi connectivity index (χ3v) is 2.29. The van der Waals surface area contributed by atoms with Gasteiger partial charge in [0.15, 0.2) is 0 Å². The molecule has 0 amide bonds. The lowest BCUT2D eigenvalue weighted by Gasteiger charge is -2.24. The average molecular weight is 185 g/mol. The Labute approximate surface area is 77.5 Å². The van der Waals surface area contributed by atoms with E-state index >= 15 is 0 Å². The smallest absolute Gasteiger partial charge is 0.0911 e. The van der Waals surface area contributed by atoms with Gasteiger partial charge in [0.1, 0.15) is 0 Å². The van der Waals surface area contributed by atoms with Crippen molar-refractivity contribution >= 4 is 11.6 Å². The lowest BCUT2D eigenvalue weighted by Crippen LogP contribution is -2.45. The molecule has 2 nitrogen and oxygen atoms in total. The van der Waals surface area contributed by atoms with Gasteiger partial charge in [0.25, 0.3) is 0 Å². The van der Waals surface area contributed by atoms with Crippen LogP contribution in [0.4, 0.5) is 0 Å². The van der Waals surface area contributed by atoms with Gasteiger partial charge in [0.05, 0.1) is 5.66 Å². The molecule has 12 heavy (non-hydrogen) atoms. The summed E-state index contributed by atoms with van der Waals surface area (Å²) in [7, 11) is 0. The fourth-order valence-electron chi connectivity index (χ4n) is 1.03. The van der Waals surface area contributed by atoms with E-state index in [0.717, 1.165) is 5.56 Å². The summed E-state index contributed by atoms with van der Waals surface area (Å²) in [6.07, 6.45) is 0.663. The van der Waals surface area contributed by atoms with Crippen LogP contribution in [-0.4, -0.2) is 0 Å². The van der Waals surface area contributed by atoms with Crippen LogP contribution in [0.15, 0.2) is 24.3 Å². The van der Waals surface area contributed by atoms with E-state index in [2.05, 4.69) is 0 Å². The maximum atomic E-state index is 5.93. The summed E-state index contributed by atoms with van der Waals surface area (Å²) in [5.41, 5.74) is 11.7. The van der Waals surface area contributed by atoms with Gasteiger partial charge in [-0.15, -0.1) is 0 Å². The molecular weight excluding hydrogens is 172 g/mol. The van der Waals surface area contributed by atoms with Gasteiger partial charge in [0.2, 0.25) is 0 Å². The Balaban J connectivity index is 3.10. The van der Waals surface area contributed by atoms with Crippen molar-refractivity contribution in [2.45, 2.75) is 19.0 Å². The second kappa shape index (κ2) is 3.44. The third kappa shape index (κ3) is 1.78. The topological polar surface area (TPSA) is 52.0 Å². The summed E-state index contributed by atoms with van der Waals surface area (Å²) < 4.78 is 0. The Hall–Kier alpha value is -0.570. The van der Waals surface area contributed by atoms with Gasteiger partial charge in [-0.3, -0.25) is 0 Å². The molecule has 0 fully saturated rings.